The molecule has 0 radical (unpaired) electrons. The molecule has 8 fully saturated rings. The molecule has 2 N–H and O–H groups in total. The van der Waals surface area contributed by atoms with Crippen LogP contribution in [-0.2, 0) is 0 Å². The summed E-state index contributed by atoms with van der Waals surface area (Å²) < 4.78 is 0. The first-order valence-corrected chi connectivity index (χ1v) is 18.7. The van der Waals surface area contributed by atoms with Gasteiger partial charge in [-0.1, -0.05) is 75.0 Å². The minimum atomic E-state index is -0.179. The van der Waals surface area contributed by atoms with E-state index in [4.69, 9.17) is 75.3 Å². The van der Waals surface area contributed by atoms with Gasteiger partial charge in [-0.15, -0.1) is 69.6 Å². The summed E-state index contributed by atoms with van der Waals surface area (Å²) in [6.45, 7) is 2.37. The third kappa shape index (κ3) is 6.84. The van der Waals surface area contributed by atoms with Crippen molar-refractivity contribution in [3.63, 3.8) is 0 Å². The topological polar surface area (TPSA) is 26.0 Å². The van der Waals surface area contributed by atoms with E-state index in [2.05, 4.69) is 61.5 Å². The highest BCUT2D eigenvalue weighted by Gasteiger charge is 2.63. The van der Waals surface area contributed by atoms with Gasteiger partial charge in [0.15, 0.2) is 0 Å². The maximum atomic E-state index is 7.15. The van der Waals surface area contributed by atoms with Crippen LogP contribution in [0.5, 0.6) is 0 Å². The van der Waals surface area contributed by atoms with Crippen LogP contribution in [0.1, 0.15) is 102 Å². The summed E-state index contributed by atoms with van der Waals surface area (Å²) in [7, 11) is 0. The van der Waals surface area contributed by atoms with Crippen LogP contribution in [0.15, 0.2) is 60.7 Å². The number of hydrogen-bond acceptors (Lipinski definition) is 1. The predicted octanol–water partition coefficient (Wildman–Crippen LogP) is 12.1. The molecular formula is C37H49Cl6N. The highest BCUT2D eigenvalue weighted by Crippen LogP contribution is 2.68. The lowest BCUT2D eigenvalue weighted by Gasteiger charge is -2.63. The van der Waals surface area contributed by atoms with Crippen molar-refractivity contribution in [3.05, 3.63) is 71.8 Å². The Morgan fingerprint density at radius 2 is 1.07 bits per heavy atom. The second-order valence-electron chi connectivity index (χ2n) is 15.0. The normalized spacial score (nSPS) is 43.5. The van der Waals surface area contributed by atoms with Crippen molar-refractivity contribution in [1.29, 1.82) is 0 Å². The first-order valence-electron chi connectivity index (χ1n) is 16.1. The Labute approximate surface area is 296 Å². The molecule has 10 rings (SSSR count). The van der Waals surface area contributed by atoms with Gasteiger partial charge in [0.25, 0.3) is 0 Å². The molecule has 8 bridgehead atoms. The highest BCUT2D eigenvalue weighted by atomic mass is 35.5. The molecule has 0 spiro atoms. The van der Waals surface area contributed by atoms with Crippen molar-refractivity contribution in [2.24, 2.45) is 41.2 Å². The molecule has 12 atom stereocenters. The maximum absolute atomic E-state index is 7.15. The van der Waals surface area contributed by atoms with Crippen LogP contribution in [0.4, 0.5) is 0 Å². The third-order valence-electron chi connectivity index (χ3n) is 12.0. The molecule has 8 aliphatic carbocycles. The number of nitrogens with two attached hydrogens (primary N) is 1. The van der Waals surface area contributed by atoms with Crippen molar-refractivity contribution < 1.29 is 0 Å². The minimum absolute atomic E-state index is 0. The Bertz CT molecular complexity index is 1150. The number of benzene rings is 2. The van der Waals surface area contributed by atoms with Gasteiger partial charge in [0.05, 0.1) is 15.1 Å². The zero-order chi connectivity index (χ0) is 30.6. The van der Waals surface area contributed by atoms with Crippen LogP contribution >= 0.6 is 69.6 Å². The zero-order valence-electron chi connectivity index (χ0n) is 25.0. The summed E-state index contributed by atoms with van der Waals surface area (Å²) >= 11 is 37.4. The molecule has 2 aromatic rings. The van der Waals surface area contributed by atoms with Crippen LogP contribution in [0, 0.1) is 35.5 Å². The Morgan fingerprint density at radius 3 is 1.48 bits per heavy atom. The lowest BCUT2D eigenvalue weighted by atomic mass is 9.48. The molecule has 1 nitrogen and oxygen atoms in total. The summed E-state index contributed by atoms with van der Waals surface area (Å²) in [6.07, 6.45) is 11.5. The van der Waals surface area contributed by atoms with Gasteiger partial charge >= 0.3 is 0 Å². The van der Waals surface area contributed by atoms with Crippen LogP contribution < -0.4 is 5.73 Å². The summed E-state index contributed by atoms with van der Waals surface area (Å²) in [4.78, 5) is -0.261. The fourth-order valence-corrected chi connectivity index (χ4v) is 14.4. The second kappa shape index (κ2) is 13.6. The van der Waals surface area contributed by atoms with Gasteiger partial charge in [0, 0.05) is 21.7 Å². The molecule has 0 aliphatic heterocycles. The number of rotatable bonds is 4. The molecule has 244 valence electrons. The molecule has 44 heavy (non-hydrogen) atoms. The largest absolute Gasteiger partial charge is 0.324 e. The first kappa shape index (κ1) is 35.4. The number of hydrogen-bond donors (Lipinski definition) is 1. The van der Waals surface area contributed by atoms with Crippen molar-refractivity contribution in [1.82, 2.24) is 0 Å². The Morgan fingerprint density at radius 1 is 0.659 bits per heavy atom. The second-order valence-corrected chi connectivity index (χ2v) is 18.9. The van der Waals surface area contributed by atoms with E-state index in [1.54, 1.807) is 0 Å². The van der Waals surface area contributed by atoms with E-state index in [1.807, 2.05) is 6.07 Å². The number of halogens is 6. The van der Waals surface area contributed by atoms with Gasteiger partial charge < -0.3 is 5.73 Å². The van der Waals surface area contributed by atoms with Gasteiger partial charge in [-0.3, -0.25) is 0 Å². The average Bonchev–Trinajstić information content (AvgIpc) is 2.91. The van der Waals surface area contributed by atoms with Crippen molar-refractivity contribution in [2.75, 3.05) is 5.34 Å². The Balaban J connectivity index is 0.000000157. The zero-order valence-corrected chi connectivity index (χ0v) is 29.6. The monoisotopic (exact) mass is 717 g/mol. The van der Waals surface area contributed by atoms with Crippen LogP contribution in [0.25, 0.3) is 0 Å². The van der Waals surface area contributed by atoms with Gasteiger partial charge in [-0.25, -0.2) is 0 Å². The van der Waals surface area contributed by atoms with E-state index in [1.165, 1.54) is 43.2 Å². The van der Waals surface area contributed by atoms with Crippen LogP contribution in [0.2, 0.25) is 0 Å². The lowest BCUT2D eigenvalue weighted by Crippen LogP contribution is -2.61. The van der Waals surface area contributed by atoms with Crippen molar-refractivity contribution in [3.8, 4) is 0 Å². The van der Waals surface area contributed by atoms with E-state index in [0.29, 0.717) is 23.7 Å². The molecule has 8 aliphatic rings. The summed E-state index contributed by atoms with van der Waals surface area (Å²) in [5.41, 5.74) is 9.28. The average molecular weight is 721 g/mol. The van der Waals surface area contributed by atoms with E-state index >= 15 is 0 Å². The molecule has 0 heterocycles. The molecule has 2 unspecified atom stereocenters. The van der Waals surface area contributed by atoms with Crippen molar-refractivity contribution in [2.45, 2.75) is 110 Å². The lowest BCUT2D eigenvalue weighted by molar-refractivity contribution is -0.0187. The van der Waals surface area contributed by atoms with Gasteiger partial charge in [0.1, 0.15) is 0 Å². The van der Waals surface area contributed by atoms with Crippen LogP contribution in [0.3, 0.4) is 0 Å². The SMILES string of the molecule is C.C[C@@H](c1ccccc1)[C@H]1C2C[C@H]3C[C@](Cl)(C2)C[C@@]1(Cl)C3.ClCCl.N[C@@H](c1ccccc1)[C@H]1C2C[C@H]3C[C@](Cl)(C2)C[C@@]1(Cl)C3. The summed E-state index contributed by atoms with van der Waals surface area (Å²) in [5, 5.41) is 0.194. The molecule has 8 saturated carbocycles. The van der Waals surface area contributed by atoms with Gasteiger partial charge in [-0.2, -0.15) is 0 Å². The van der Waals surface area contributed by atoms with E-state index in [9.17, 15) is 0 Å². The van der Waals surface area contributed by atoms with Crippen LogP contribution in [-0.4, -0.2) is 24.8 Å². The van der Waals surface area contributed by atoms with Crippen molar-refractivity contribution >= 4 is 69.6 Å². The van der Waals surface area contributed by atoms with Gasteiger partial charge in [0.2, 0.25) is 0 Å². The quantitative estimate of drug-likeness (QED) is 0.313. The minimum Gasteiger partial charge on any atom is -0.324 e. The standard InChI is InChI=1S/C18H22Cl2.C17H21Cl2N.CH2Cl2.CH4/c1-12(14-5-3-2-4-6-14)16-15-7-13-8-17(19,10-15)11-18(16,20)9-13;18-16-7-11-6-13(9-16)14(17(19,8-11)10-16)15(20)12-4-2-1-3-5-12;2-1-3;/h2-6,12-13,15-16H,7-11H2,1H3;1-5,11,13-15H,6-10,20H2;1H2;1H4/t12-,13-,15?,16-,17-,18-;11-,13?,14+,15-,16-,17-;;/m00../s1. The van der Waals surface area contributed by atoms with Gasteiger partial charge in [-0.05, 0) is 111 Å². The third-order valence-corrected chi connectivity index (χ3v) is 13.9. The van der Waals surface area contributed by atoms with E-state index in [0.717, 1.165) is 49.9 Å². The molecule has 0 aromatic heterocycles. The Kier molecular flexibility index (Phi) is 10.9. The summed E-state index contributed by atoms with van der Waals surface area (Å²) in [6, 6.07) is 21.4. The molecule has 2 aromatic carbocycles. The molecule has 7 heteroatoms. The first-order chi connectivity index (χ1) is 20.4. The molecule has 0 amide bonds. The Hall–Kier alpha value is 0.140. The van der Waals surface area contributed by atoms with E-state index in [-0.39, 0.29) is 38.3 Å². The summed E-state index contributed by atoms with van der Waals surface area (Å²) in [5.74, 6) is 4.32. The van der Waals surface area contributed by atoms with E-state index < -0.39 is 0 Å². The fraction of sp³-hybridized carbons (Fsp3) is 0.676. The maximum Gasteiger partial charge on any atom is 0.0967 e. The smallest absolute Gasteiger partial charge is 0.0967 e. The fourth-order valence-electron chi connectivity index (χ4n) is 11.3. The highest BCUT2D eigenvalue weighted by molar-refractivity contribution is 6.40. The molecule has 0 saturated heterocycles. The predicted molar refractivity (Wildman–Crippen MR) is 193 cm³/mol. The molecular weight excluding hydrogens is 671 g/mol. The number of alkyl halides is 6.